The van der Waals surface area contributed by atoms with Crippen molar-refractivity contribution in [3.63, 3.8) is 0 Å². The van der Waals surface area contributed by atoms with E-state index in [0.29, 0.717) is 5.88 Å². The van der Waals surface area contributed by atoms with Gasteiger partial charge in [-0.15, -0.1) is 11.6 Å². The first-order valence-corrected chi connectivity index (χ1v) is 7.04. The molecule has 0 aromatic carbocycles. The molecule has 92 valence electrons. The molecule has 1 aromatic rings. The van der Waals surface area contributed by atoms with Gasteiger partial charge in [-0.1, -0.05) is 6.92 Å². The number of halogens is 1. The van der Waals surface area contributed by atoms with Crippen LogP contribution in [0.25, 0.3) is 0 Å². The van der Waals surface area contributed by atoms with Crippen molar-refractivity contribution in [1.29, 1.82) is 0 Å². The van der Waals surface area contributed by atoms with E-state index in [2.05, 4.69) is 4.98 Å². The van der Waals surface area contributed by atoms with Crippen molar-refractivity contribution in [2.75, 3.05) is 12.4 Å². The molecule has 0 spiro atoms. The van der Waals surface area contributed by atoms with Crippen molar-refractivity contribution < 1.29 is 13.2 Å². The van der Waals surface area contributed by atoms with Crippen molar-refractivity contribution in [2.45, 2.75) is 11.9 Å². The number of amides is 1. The van der Waals surface area contributed by atoms with Crippen LogP contribution in [-0.2, 0) is 10.0 Å². The van der Waals surface area contributed by atoms with Gasteiger partial charge in [-0.05, 0) is 18.1 Å². The van der Waals surface area contributed by atoms with Gasteiger partial charge in [-0.3, -0.25) is 4.79 Å². The predicted octanol–water partition coefficient (Wildman–Crippen LogP) is 1.10. The second-order valence-corrected chi connectivity index (χ2v) is 6.04. The van der Waals surface area contributed by atoms with Crippen molar-refractivity contribution in [3.05, 3.63) is 23.9 Å². The summed E-state index contributed by atoms with van der Waals surface area (Å²) in [4.78, 5) is 15.7. The lowest BCUT2D eigenvalue weighted by molar-refractivity contribution is 0.0861. The fraction of sp³-hybridized carbons (Fsp3) is 0.400. The molecule has 0 saturated carbocycles. The van der Waals surface area contributed by atoms with Crippen molar-refractivity contribution >= 4 is 27.5 Å². The second-order valence-electron chi connectivity index (χ2n) is 3.96. The molecule has 0 radical (unpaired) electrons. The highest BCUT2D eigenvalue weighted by atomic mass is 35.5. The van der Waals surface area contributed by atoms with E-state index in [4.69, 9.17) is 11.6 Å². The van der Waals surface area contributed by atoms with Gasteiger partial charge >= 0.3 is 0 Å². The van der Waals surface area contributed by atoms with Gasteiger partial charge in [-0.2, -0.15) is 8.42 Å². The molecule has 5 nitrogen and oxygen atoms in total. The van der Waals surface area contributed by atoms with E-state index < -0.39 is 15.9 Å². The van der Waals surface area contributed by atoms with E-state index in [1.54, 1.807) is 13.0 Å². The number of carbonyl (C=O) groups excluding carboxylic acids is 1. The monoisotopic (exact) mass is 274 g/mol. The van der Waals surface area contributed by atoms with E-state index in [1.807, 2.05) is 0 Å². The molecule has 2 heterocycles. The van der Waals surface area contributed by atoms with Crippen LogP contribution in [0.3, 0.4) is 0 Å². The molecule has 1 aliphatic rings. The number of fused-ring (bicyclic) bond motifs is 1. The molecule has 7 heteroatoms. The predicted molar refractivity (Wildman–Crippen MR) is 62.3 cm³/mol. The zero-order valence-corrected chi connectivity index (χ0v) is 10.7. The van der Waals surface area contributed by atoms with Crippen LogP contribution in [0.2, 0.25) is 0 Å². The number of hydrogen-bond acceptors (Lipinski definition) is 4. The molecule has 1 aromatic heterocycles. The van der Waals surface area contributed by atoms with Gasteiger partial charge < -0.3 is 0 Å². The summed E-state index contributed by atoms with van der Waals surface area (Å²) in [5.74, 6) is -0.321. The quantitative estimate of drug-likeness (QED) is 0.774. The van der Waals surface area contributed by atoms with E-state index in [9.17, 15) is 13.2 Å². The second kappa shape index (κ2) is 4.27. The lowest BCUT2D eigenvalue weighted by Crippen LogP contribution is -2.34. The van der Waals surface area contributed by atoms with Gasteiger partial charge in [0, 0.05) is 18.6 Å². The number of nitrogens with zero attached hydrogens (tertiary/aromatic N) is 2. The molecular weight excluding hydrogens is 264 g/mol. The molecule has 0 aliphatic carbocycles. The summed E-state index contributed by atoms with van der Waals surface area (Å²) >= 11 is 5.63. The van der Waals surface area contributed by atoms with Gasteiger partial charge in [0.1, 0.15) is 0 Å². The Morgan fingerprint density at radius 2 is 2.24 bits per heavy atom. The first-order valence-electron chi connectivity index (χ1n) is 5.06. The van der Waals surface area contributed by atoms with E-state index in [0.717, 1.165) is 4.31 Å². The normalized spacial score (nSPS) is 19.2. The van der Waals surface area contributed by atoms with E-state index >= 15 is 0 Å². The molecular formula is C10H11ClN2O3S. The zero-order valence-electron chi connectivity index (χ0n) is 9.13. The molecule has 1 aliphatic heterocycles. The fourth-order valence-corrected chi connectivity index (χ4v) is 3.32. The Balaban J connectivity index is 2.44. The molecule has 17 heavy (non-hydrogen) atoms. The third kappa shape index (κ3) is 1.91. The first-order chi connectivity index (χ1) is 7.98. The topological polar surface area (TPSA) is 67.3 Å². The molecule has 0 N–H and O–H groups in total. The Labute approximate surface area is 104 Å². The third-order valence-electron chi connectivity index (χ3n) is 2.50. The third-order valence-corrected chi connectivity index (χ3v) is 4.74. The van der Waals surface area contributed by atoms with Gasteiger partial charge in [-0.25, -0.2) is 9.29 Å². The van der Waals surface area contributed by atoms with Crippen LogP contribution < -0.4 is 0 Å². The highest BCUT2D eigenvalue weighted by Gasteiger charge is 2.42. The summed E-state index contributed by atoms with van der Waals surface area (Å²) in [6.45, 7) is 1.87. The summed E-state index contributed by atoms with van der Waals surface area (Å²) in [6, 6.07) is 3.01. The average molecular weight is 275 g/mol. The molecule has 2 rings (SSSR count). The van der Waals surface area contributed by atoms with Crippen molar-refractivity contribution in [2.24, 2.45) is 5.92 Å². The largest absolute Gasteiger partial charge is 0.285 e. The minimum atomic E-state index is -3.79. The van der Waals surface area contributed by atoms with Gasteiger partial charge in [0.25, 0.3) is 15.9 Å². The van der Waals surface area contributed by atoms with Crippen LogP contribution in [0.5, 0.6) is 0 Å². The van der Waals surface area contributed by atoms with Crippen LogP contribution in [0.15, 0.2) is 23.4 Å². The zero-order chi connectivity index (χ0) is 12.6. The summed E-state index contributed by atoms with van der Waals surface area (Å²) < 4.78 is 24.9. The summed E-state index contributed by atoms with van der Waals surface area (Å²) in [6.07, 6.45) is 1.36. The Bertz CT molecular complexity index is 558. The number of sulfonamides is 1. The van der Waals surface area contributed by atoms with E-state index in [-0.39, 0.29) is 23.1 Å². The summed E-state index contributed by atoms with van der Waals surface area (Å²) in [5.41, 5.74) is 0.134. The first kappa shape index (κ1) is 12.3. The van der Waals surface area contributed by atoms with Crippen LogP contribution in [-0.4, -0.2) is 36.0 Å². The van der Waals surface area contributed by atoms with Gasteiger partial charge in [0.15, 0.2) is 5.03 Å². The maximum Gasteiger partial charge on any atom is 0.285 e. The maximum absolute atomic E-state index is 12.0. The number of hydrogen-bond donors (Lipinski definition) is 0. The van der Waals surface area contributed by atoms with Crippen LogP contribution in [0.1, 0.15) is 17.3 Å². The standard InChI is InChI=1S/C10H11ClN2O3S/c1-7(5-11)6-13-10(14)8-3-2-4-12-9(8)17(13,15)16/h2-4,7H,5-6H2,1H3. The molecule has 1 amide bonds. The number of alkyl halides is 1. The minimum Gasteiger partial charge on any atom is -0.268 e. The molecule has 0 bridgehead atoms. The Morgan fingerprint density at radius 3 is 2.82 bits per heavy atom. The van der Waals surface area contributed by atoms with Crippen LogP contribution in [0.4, 0.5) is 0 Å². The lowest BCUT2D eigenvalue weighted by atomic mass is 10.2. The number of carbonyl (C=O) groups is 1. The van der Waals surface area contributed by atoms with Crippen molar-refractivity contribution in [3.8, 4) is 0 Å². The number of pyridine rings is 1. The lowest BCUT2D eigenvalue weighted by Gasteiger charge is -2.17. The van der Waals surface area contributed by atoms with Crippen molar-refractivity contribution in [1.82, 2.24) is 9.29 Å². The van der Waals surface area contributed by atoms with Gasteiger partial charge in [0.2, 0.25) is 0 Å². The molecule has 0 fully saturated rings. The molecule has 0 saturated heterocycles. The molecule has 1 unspecified atom stereocenters. The fourth-order valence-electron chi connectivity index (χ4n) is 1.62. The number of aromatic nitrogens is 1. The maximum atomic E-state index is 12.0. The summed E-state index contributed by atoms with van der Waals surface area (Å²) in [7, 11) is -3.79. The Hall–Kier alpha value is -1.14. The number of rotatable bonds is 3. The highest BCUT2D eigenvalue weighted by Crippen LogP contribution is 2.28. The molecule has 1 atom stereocenters. The van der Waals surface area contributed by atoms with E-state index in [1.165, 1.54) is 12.3 Å². The van der Waals surface area contributed by atoms with Crippen LogP contribution >= 0.6 is 11.6 Å². The van der Waals surface area contributed by atoms with Crippen LogP contribution in [0, 0.1) is 5.92 Å². The van der Waals surface area contributed by atoms with Gasteiger partial charge in [0.05, 0.1) is 5.56 Å². The average Bonchev–Trinajstić information content (AvgIpc) is 2.51. The summed E-state index contributed by atoms with van der Waals surface area (Å²) in [5, 5.41) is -0.160. The minimum absolute atomic E-state index is 0.0844. The SMILES string of the molecule is CC(CCl)CN1C(=O)c2cccnc2S1(=O)=O. The Kier molecular flexibility index (Phi) is 3.09. The Morgan fingerprint density at radius 1 is 1.53 bits per heavy atom. The highest BCUT2D eigenvalue weighted by molar-refractivity contribution is 7.90. The smallest absolute Gasteiger partial charge is 0.268 e.